The molecule has 0 aliphatic carbocycles. The van der Waals surface area contributed by atoms with Crippen molar-refractivity contribution in [2.45, 2.75) is 126 Å². The number of primary amides is 1. The van der Waals surface area contributed by atoms with Crippen LogP contribution in [0.2, 0.25) is 0 Å². The fourth-order valence-electron chi connectivity index (χ4n) is 7.80. The number of aromatic hydroxyl groups is 1. The van der Waals surface area contributed by atoms with Crippen molar-refractivity contribution in [1.82, 2.24) is 53.2 Å². The Balaban J connectivity index is 2.24. The van der Waals surface area contributed by atoms with Gasteiger partial charge in [-0.2, -0.15) is 11.8 Å². The highest BCUT2D eigenvalue weighted by Gasteiger charge is 2.33. The predicted octanol–water partition coefficient (Wildman–Crippen LogP) is -5.97. The van der Waals surface area contributed by atoms with Crippen LogP contribution in [0.1, 0.15) is 75.8 Å². The fourth-order valence-corrected chi connectivity index (χ4v) is 8.27. The number of aliphatic imine (C=N–C) groups is 1. The molecule has 2 rings (SSSR count). The van der Waals surface area contributed by atoms with Crippen molar-refractivity contribution in [2.75, 3.05) is 44.7 Å². The van der Waals surface area contributed by atoms with Crippen molar-refractivity contribution in [2.24, 2.45) is 33.7 Å². The lowest BCUT2D eigenvalue weighted by Crippen LogP contribution is -2.59. The summed E-state index contributed by atoms with van der Waals surface area (Å²) in [6, 6.07) is 2.48. The normalized spacial score (nSPS) is 13.5. The maximum Gasteiger partial charge on any atom is 0.326 e. The van der Waals surface area contributed by atoms with Gasteiger partial charge in [0.05, 0.1) is 32.1 Å². The Morgan fingerprint density at radius 2 is 1.05 bits per heavy atom. The molecule has 0 unspecified atom stereocenters. The lowest BCUT2D eigenvalue weighted by atomic mass is 10.0. The number of benzene rings is 2. The molecule has 8 atom stereocenters. The number of rotatable bonds is 41. The third kappa shape index (κ3) is 29.9. The number of nitrogens with two attached hydrogens (primary N) is 5. The first-order chi connectivity index (χ1) is 40.7. The number of hydrogen-bond donors (Lipinski definition) is 18. The second-order valence-electron chi connectivity index (χ2n) is 19.6. The highest BCUT2D eigenvalue weighted by molar-refractivity contribution is 7.98. The fraction of sp³-hybridized carbons (Fsp3) is 0.509. The standard InChI is InChI=1S/C53H80N16O16S/c1-29(45(77)67-36(52(84)85)12-8-21-59-53(57)58)63-42(73)27-60-41(72)26-61-47(79)37(23-30-9-4-3-5-10-30)68-51(83)38(24-31-13-15-32(70)16-14-31)64-43(74)28-62-48(80)39(25-44(75)76)69-49(81)34(17-18-40(56)71)66-50(82)35(19-22-86-2)65-46(78)33(55)11-6-7-20-54/h3-5,9-10,13-16,29,33-39,70H,6-8,11-12,17-28,54-55H2,1-2H3,(H2,56,71)(H,60,72)(H,61,79)(H,62,80)(H,63,73)(H,64,74)(H,65,78)(H,66,82)(H,67,77)(H,68,83)(H,69,81)(H,75,76)(H,84,85)(H4,57,58,59)/t29-,33-,34-,35-,36-,37-,38-,39-/m0/s1. The summed E-state index contributed by atoms with van der Waals surface area (Å²) < 4.78 is 0. The minimum atomic E-state index is -1.91. The van der Waals surface area contributed by atoms with E-state index in [1.165, 1.54) is 43.0 Å². The van der Waals surface area contributed by atoms with Crippen molar-refractivity contribution in [1.29, 1.82) is 0 Å². The number of thioether (sulfide) groups is 1. The Hall–Kier alpha value is -9.11. The molecule has 0 aromatic heterocycles. The Morgan fingerprint density at radius 1 is 0.535 bits per heavy atom. The van der Waals surface area contributed by atoms with Gasteiger partial charge in [-0.05, 0) is 87.3 Å². The van der Waals surface area contributed by atoms with Crippen molar-refractivity contribution in [3.8, 4) is 5.75 Å². The minimum absolute atomic E-state index is 0.0312. The first-order valence-electron chi connectivity index (χ1n) is 27.2. The third-order valence-corrected chi connectivity index (χ3v) is 13.1. The van der Waals surface area contributed by atoms with Crippen LogP contribution in [0.4, 0.5) is 0 Å². The van der Waals surface area contributed by atoms with E-state index in [9.17, 15) is 77.6 Å². The predicted molar refractivity (Wildman–Crippen MR) is 312 cm³/mol. The third-order valence-electron chi connectivity index (χ3n) is 12.4. The lowest BCUT2D eigenvalue weighted by molar-refractivity contribution is -0.142. The van der Waals surface area contributed by atoms with Crippen LogP contribution in [0, 0.1) is 0 Å². The van der Waals surface area contributed by atoms with Crippen molar-refractivity contribution in [3.05, 3.63) is 65.7 Å². The number of carboxylic acid groups (broad SMARTS) is 2. The van der Waals surface area contributed by atoms with Gasteiger partial charge in [0.1, 0.15) is 48.0 Å². The van der Waals surface area contributed by atoms with E-state index in [0.29, 0.717) is 36.3 Å². The summed E-state index contributed by atoms with van der Waals surface area (Å²) in [5.41, 5.74) is 28.4. The van der Waals surface area contributed by atoms with Crippen LogP contribution in [0.3, 0.4) is 0 Å². The SMILES string of the molecule is CSCC[C@H](NC(=O)[C@@H](N)CCCCN)C(=O)N[C@@H](CCC(N)=O)C(=O)N[C@@H](CC(=O)O)C(=O)NCC(=O)N[C@@H](Cc1ccc(O)cc1)C(=O)N[C@@H](Cc1ccccc1)C(=O)NCC(=O)NCC(=O)N[C@@H](C)C(=O)N[C@@H](CCCN=C(N)N)C(=O)O. The number of phenols is 1. The van der Waals surface area contributed by atoms with Gasteiger partial charge in [0.25, 0.3) is 0 Å². The Labute approximate surface area is 499 Å². The summed E-state index contributed by atoms with van der Waals surface area (Å²) >= 11 is 1.35. The monoisotopic (exact) mass is 1230 g/mol. The van der Waals surface area contributed by atoms with Crippen LogP contribution >= 0.6 is 11.8 Å². The Bertz CT molecular complexity index is 2670. The highest BCUT2D eigenvalue weighted by Crippen LogP contribution is 2.13. The summed E-state index contributed by atoms with van der Waals surface area (Å²) in [7, 11) is 0. The number of hydrogen-bond acceptors (Lipinski definition) is 18. The molecule has 0 fully saturated rings. The molecule has 0 spiro atoms. The maximum atomic E-state index is 14.2. The van der Waals surface area contributed by atoms with Crippen molar-refractivity contribution >= 4 is 94.6 Å². The molecule has 0 saturated carbocycles. The van der Waals surface area contributed by atoms with E-state index in [-0.39, 0.29) is 56.8 Å². The van der Waals surface area contributed by atoms with Gasteiger partial charge in [-0.1, -0.05) is 48.9 Å². The van der Waals surface area contributed by atoms with Crippen LogP contribution in [0.15, 0.2) is 59.6 Å². The molecule has 86 heavy (non-hydrogen) atoms. The zero-order valence-corrected chi connectivity index (χ0v) is 48.5. The molecule has 32 nitrogen and oxygen atoms in total. The van der Waals surface area contributed by atoms with Crippen molar-refractivity contribution in [3.63, 3.8) is 0 Å². The molecule has 0 radical (unpaired) electrons. The molecule has 33 heteroatoms. The number of carbonyl (C=O) groups is 13. The van der Waals surface area contributed by atoms with Gasteiger partial charge in [0.15, 0.2) is 5.96 Å². The zero-order chi connectivity index (χ0) is 64.3. The number of amides is 11. The van der Waals surface area contributed by atoms with E-state index in [2.05, 4.69) is 58.2 Å². The maximum absolute atomic E-state index is 14.2. The van der Waals surface area contributed by atoms with E-state index in [1.54, 1.807) is 36.6 Å². The van der Waals surface area contributed by atoms with Gasteiger partial charge in [0, 0.05) is 25.8 Å². The smallest absolute Gasteiger partial charge is 0.326 e. The largest absolute Gasteiger partial charge is 0.508 e. The summed E-state index contributed by atoms with van der Waals surface area (Å²) in [6.45, 7) is -0.579. The van der Waals surface area contributed by atoms with E-state index in [4.69, 9.17) is 28.7 Å². The minimum Gasteiger partial charge on any atom is -0.508 e. The van der Waals surface area contributed by atoms with Crippen LogP contribution < -0.4 is 81.8 Å². The average Bonchev–Trinajstić information content (AvgIpc) is 3.60. The number of nitrogens with one attached hydrogen (secondary N) is 10. The van der Waals surface area contributed by atoms with E-state index >= 15 is 0 Å². The molecular weight excluding hydrogens is 1150 g/mol. The number of carboxylic acids is 2. The molecule has 474 valence electrons. The molecular formula is C53H80N16O16S. The Kier molecular flexibility index (Phi) is 33.5. The molecule has 0 heterocycles. The summed E-state index contributed by atoms with van der Waals surface area (Å²) in [5.74, 6) is -13.1. The van der Waals surface area contributed by atoms with Crippen LogP contribution in [0.25, 0.3) is 0 Å². The van der Waals surface area contributed by atoms with Crippen molar-refractivity contribution < 1.29 is 77.6 Å². The number of nitrogens with zero attached hydrogens (tertiary/aromatic N) is 1. The first-order valence-corrected chi connectivity index (χ1v) is 28.6. The molecule has 0 bridgehead atoms. The summed E-state index contributed by atoms with van der Waals surface area (Å²) in [4.78, 5) is 173. The first kappa shape index (κ1) is 73.0. The number of unbranched alkanes of at least 4 members (excludes halogenated alkanes) is 1. The zero-order valence-electron chi connectivity index (χ0n) is 47.7. The second kappa shape index (κ2) is 39.4. The van der Waals surface area contributed by atoms with E-state index in [1.807, 2.05) is 0 Å². The Morgan fingerprint density at radius 3 is 1.63 bits per heavy atom. The molecule has 2 aromatic carbocycles. The lowest BCUT2D eigenvalue weighted by Gasteiger charge is -2.25. The van der Waals surface area contributed by atoms with Gasteiger partial charge in [-0.3, -0.25) is 62.5 Å². The second-order valence-corrected chi connectivity index (χ2v) is 20.5. The summed E-state index contributed by atoms with van der Waals surface area (Å²) in [5, 5.41) is 52.9. The van der Waals surface area contributed by atoms with Gasteiger partial charge in [0.2, 0.25) is 65.0 Å². The van der Waals surface area contributed by atoms with Crippen LogP contribution in [0.5, 0.6) is 5.75 Å². The topological polar surface area (TPSA) is 545 Å². The molecule has 0 aliphatic heterocycles. The summed E-state index contributed by atoms with van der Waals surface area (Å²) in [6.07, 6.45) is 1.04. The number of guanidine groups is 1. The molecule has 0 saturated heterocycles. The molecule has 0 aliphatic rings. The van der Waals surface area contributed by atoms with Gasteiger partial charge < -0.3 is 97.2 Å². The molecule has 2 aromatic rings. The van der Waals surface area contributed by atoms with E-state index < -0.39 is 164 Å². The molecule has 11 amide bonds. The number of carbonyl (C=O) groups excluding carboxylic acids is 11. The van der Waals surface area contributed by atoms with Crippen LogP contribution in [-0.2, 0) is 75.2 Å². The van der Waals surface area contributed by atoms with Gasteiger partial charge in [-0.15, -0.1) is 0 Å². The van der Waals surface area contributed by atoms with E-state index in [0.717, 1.165) is 0 Å². The van der Waals surface area contributed by atoms with Crippen LogP contribution in [-0.4, -0.2) is 191 Å². The van der Waals surface area contributed by atoms with Gasteiger partial charge >= 0.3 is 11.9 Å². The number of aliphatic carboxylic acids is 2. The highest BCUT2D eigenvalue weighted by atomic mass is 32.2. The quantitative estimate of drug-likeness (QED) is 0.0167. The molecule has 23 N–H and O–H groups in total. The number of phenolic OH excluding ortho intramolecular Hbond substituents is 1. The average molecular weight is 1230 g/mol. The van der Waals surface area contributed by atoms with Gasteiger partial charge in [-0.25, -0.2) is 4.79 Å².